The van der Waals surface area contributed by atoms with Crippen molar-refractivity contribution in [3.05, 3.63) is 77.6 Å². The van der Waals surface area contributed by atoms with E-state index in [9.17, 15) is 4.79 Å². The first-order valence-corrected chi connectivity index (χ1v) is 10.1. The minimum Gasteiger partial charge on any atom is -0.441 e. The molecule has 30 heavy (non-hydrogen) atoms. The number of hydrogen-bond donors (Lipinski definition) is 1. The Hall–Kier alpha value is -3.48. The fourth-order valence-corrected chi connectivity index (χ4v) is 2.88. The molecule has 3 rings (SSSR count). The van der Waals surface area contributed by atoms with Crippen molar-refractivity contribution in [3.63, 3.8) is 0 Å². The van der Waals surface area contributed by atoms with Gasteiger partial charge in [-0.1, -0.05) is 61.3 Å². The lowest BCUT2D eigenvalue weighted by molar-refractivity contribution is -0.116. The number of rotatable bonds is 10. The van der Waals surface area contributed by atoms with Crippen LogP contribution >= 0.6 is 0 Å². The third-order valence-electron chi connectivity index (χ3n) is 4.46. The van der Waals surface area contributed by atoms with Crippen LogP contribution in [0.5, 0.6) is 0 Å². The summed E-state index contributed by atoms with van der Waals surface area (Å²) in [5, 5.41) is 7.12. The van der Waals surface area contributed by atoms with Crippen molar-refractivity contribution in [1.82, 2.24) is 9.97 Å². The fraction of sp³-hybridized carbons (Fsp3) is 0.304. The Morgan fingerprint density at radius 3 is 2.70 bits per heavy atom. The van der Waals surface area contributed by atoms with Gasteiger partial charge >= 0.3 is 0 Å². The van der Waals surface area contributed by atoms with Crippen LogP contribution in [0.1, 0.15) is 55.3 Å². The van der Waals surface area contributed by atoms with Crippen molar-refractivity contribution >= 4 is 17.4 Å². The number of unbranched alkanes of at least 4 members (excludes halogenated alkanes) is 2. The number of nitrogens with zero attached hydrogens (tertiary/aromatic N) is 3. The highest BCUT2D eigenvalue weighted by molar-refractivity contribution is 6.11. The van der Waals surface area contributed by atoms with E-state index in [4.69, 9.17) is 9.25 Å². The van der Waals surface area contributed by atoms with Crippen LogP contribution in [-0.4, -0.2) is 21.6 Å². The predicted molar refractivity (Wildman–Crippen MR) is 115 cm³/mol. The highest BCUT2D eigenvalue weighted by atomic mass is 16.6. The van der Waals surface area contributed by atoms with Crippen molar-refractivity contribution in [2.45, 2.75) is 46.1 Å². The summed E-state index contributed by atoms with van der Waals surface area (Å²) in [7, 11) is 0. The van der Waals surface area contributed by atoms with Gasteiger partial charge in [0, 0.05) is 12.0 Å². The van der Waals surface area contributed by atoms with Crippen molar-refractivity contribution < 1.29 is 14.0 Å². The Bertz CT molecular complexity index is 983. The van der Waals surface area contributed by atoms with E-state index in [-0.39, 0.29) is 12.5 Å². The van der Waals surface area contributed by atoms with Gasteiger partial charge in [-0.05, 0) is 25.5 Å². The molecule has 1 amide bonds. The average Bonchev–Trinajstić information content (AvgIpc) is 3.18. The second-order valence-electron chi connectivity index (χ2n) is 6.87. The molecule has 2 heterocycles. The molecule has 1 aromatic carbocycles. The van der Waals surface area contributed by atoms with Crippen LogP contribution in [0, 0.1) is 6.92 Å². The normalized spacial score (nSPS) is 11.3. The van der Waals surface area contributed by atoms with E-state index in [2.05, 4.69) is 27.4 Å². The Morgan fingerprint density at radius 2 is 1.97 bits per heavy atom. The first-order chi connectivity index (χ1) is 14.7. The molecule has 0 aliphatic carbocycles. The number of oxime groups is 1. The number of carbonyl (C=O) groups is 1. The second-order valence-corrected chi connectivity index (χ2v) is 6.87. The molecule has 0 unspecified atom stereocenters. The number of carbonyl (C=O) groups excluding carboxylic acids is 1. The zero-order chi connectivity index (χ0) is 21.2. The Kier molecular flexibility index (Phi) is 7.71. The number of oxazole rings is 1. The molecule has 0 fully saturated rings. The Morgan fingerprint density at radius 1 is 1.13 bits per heavy atom. The summed E-state index contributed by atoms with van der Waals surface area (Å²) in [6, 6.07) is 15.0. The third-order valence-corrected chi connectivity index (χ3v) is 4.46. The zero-order valence-corrected chi connectivity index (χ0v) is 17.3. The highest BCUT2D eigenvalue weighted by Gasteiger charge is 2.15. The van der Waals surface area contributed by atoms with Crippen LogP contribution in [-0.2, 0) is 16.2 Å². The van der Waals surface area contributed by atoms with Gasteiger partial charge in [-0.15, -0.1) is 0 Å². The van der Waals surface area contributed by atoms with Gasteiger partial charge in [-0.25, -0.2) is 9.97 Å². The summed E-state index contributed by atoms with van der Waals surface area (Å²) >= 11 is 0. The summed E-state index contributed by atoms with van der Waals surface area (Å²) in [5.41, 5.74) is 2.81. The Labute approximate surface area is 176 Å². The summed E-state index contributed by atoms with van der Waals surface area (Å²) in [6.45, 7) is 4.12. The average molecular weight is 406 g/mol. The van der Waals surface area contributed by atoms with Gasteiger partial charge in [0.15, 0.2) is 24.5 Å². The minimum atomic E-state index is -0.0285. The van der Waals surface area contributed by atoms with Crippen LogP contribution in [0.2, 0.25) is 0 Å². The van der Waals surface area contributed by atoms with E-state index in [1.807, 2.05) is 49.4 Å². The quantitative estimate of drug-likeness (QED) is 0.295. The van der Waals surface area contributed by atoms with Crippen LogP contribution < -0.4 is 5.32 Å². The van der Waals surface area contributed by atoms with E-state index < -0.39 is 0 Å². The third kappa shape index (κ3) is 6.01. The van der Waals surface area contributed by atoms with Crippen LogP contribution in [0.25, 0.3) is 0 Å². The summed E-state index contributed by atoms with van der Waals surface area (Å²) in [4.78, 5) is 26.1. The molecule has 0 saturated heterocycles. The van der Waals surface area contributed by atoms with Gasteiger partial charge in [0.2, 0.25) is 5.91 Å². The molecule has 0 spiro atoms. The molecule has 0 radical (unpaired) electrons. The highest BCUT2D eigenvalue weighted by Crippen LogP contribution is 2.15. The molecule has 3 aromatic rings. The lowest BCUT2D eigenvalue weighted by atomic mass is 10.1. The minimum absolute atomic E-state index is 0.0285. The molecular formula is C23H26N4O3. The Balaban J connectivity index is 1.67. The molecule has 7 heteroatoms. The maximum absolute atomic E-state index is 12.0. The van der Waals surface area contributed by atoms with Gasteiger partial charge in [0.05, 0.1) is 11.4 Å². The fourth-order valence-electron chi connectivity index (χ4n) is 2.88. The largest absolute Gasteiger partial charge is 0.441 e. The van der Waals surface area contributed by atoms with E-state index in [1.165, 1.54) is 6.39 Å². The number of amides is 1. The monoisotopic (exact) mass is 406 g/mol. The van der Waals surface area contributed by atoms with Crippen molar-refractivity contribution in [2.24, 2.45) is 5.16 Å². The van der Waals surface area contributed by atoms with Crippen LogP contribution in [0.4, 0.5) is 5.82 Å². The van der Waals surface area contributed by atoms with Crippen LogP contribution in [0.15, 0.2) is 64.5 Å². The molecule has 7 nitrogen and oxygen atoms in total. The number of nitrogens with one attached hydrogen (secondary N) is 1. The van der Waals surface area contributed by atoms with Gasteiger partial charge in [0.1, 0.15) is 5.82 Å². The SMILES string of the molecule is CCCCCC(=O)Nc1cccc(CON=C(c2ccccc2)c2ocnc2C)n1. The van der Waals surface area contributed by atoms with E-state index in [0.717, 1.165) is 30.5 Å². The molecule has 156 valence electrons. The van der Waals surface area contributed by atoms with Gasteiger partial charge in [0.25, 0.3) is 0 Å². The smallest absolute Gasteiger partial charge is 0.225 e. The molecule has 1 N–H and O–H groups in total. The molecule has 0 aliphatic heterocycles. The van der Waals surface area contributed by atoms with E-state index >= 15 is 0 Å². The first-order valence-electron chi connectivity index (χ1n) is 10.1. The standard InChI is InChI=1S/C23H26N4O3/c1-3-4-6-14-21(28)26-20-13-9-12-19(25-20)15-30-27-22(18-10-7-5-8-11-18)23-17(2)24-16-29-23/h5,7-13,16H,3-4,6,14-15H2,1-2H3,(H,25,26,28). The second kappa shape index (κ2) is 10.9. The number of aryl methyl sites for hydroxylation is 1. The topological polar surface area (TPSA) is 89.6 Å². The van der Waals surface area contributed by atoms with E-state index in [1.54, 1.807) is 6.07 Å². The van der Waals surface area contributed by atoms with Crippen molar-refractivity contribution in [1.29, 1.82) is 0 Å². The van der Waals surface area contributed by atoms with Crippen molar-refractivity contribution in [2.75, 3.05) is 5.32 Å². The van der Waals surface area contributed by atoms with Gasteiger partial charge in [-0.2, -0.15) is 0 Å². The van der Waals surface area contributed by atoms with E-state index in [0.29, 0.717) is 29.4 Å². The first kappa shape index (κ1) is 21.2. The summed E-state index contributed by atoms with van der Waals surface area (Å²) in [5.74, 6) is 1.04. The summed E-state index contributed by atoms with van der Waals surface area (Å²) in [6.07, 6.45) is 4.89. The molecular weight excluding hydrogens is 380 g/mol. The molecule has 0 saturated carbocycles. The maximum atomic E-state index is 12.0. The maximum Gasteiger partial charge on any atom is 0.225 e. The lowest BCUT2D eigenvalue weighted by Gasteiger charge is -2.07. The molecule has 0 bridgehead atoms. The van der Waals surface area contributed by atoms with Gasteiger partial charge in [-0.3, -0.25) is 4.79 Å². The summed E-state index contributed by atoms with van der Waals surface area (Å²) < 4.78 is 5.50. The number of anilines is 1. The number of pyridine rings is 1. The van der Waals surface area contributed by atoms with Crippen LogP contribution in [0.3, 0.4) is 0 Å². The number of aromatic nitrogens is 2. The molecule has 2 aromatic heterocycles. The number of hydrogen-bond acceptors (Lipinski definition) is 6. The lowest BCUT2D eigenvalue weighted by Crippen LogP contribution is -2.12. The number of benzene rings is 1. The molecule has 0 aliphatic rings. The zero-order valence-electron chi connectivity index (χ0n) is 17.3. The van der Waals surface area contributed by atoms with Gasteiger partial charge < -0.3 is 14.6 Å². The molecule has 0 atom stereocenters. The van der Waals surface area contributed by atoms with Crippen molar-refractivity contribution in [3.8, 4) is 0 Å². The predicted octanol–water partition coefficient (Wildman–Crippen LogP) is 4.87.